The first-order valence-corrected chi connectivity index (χ1v) is 7.52. The van der Waals surface area contributed by atoms with Crippen LogP contribution in [0.2, 0.25) is 0 Å². The quantitative estimate of drug-likeness (QED) is 0.777. The Kier molecular flexibility index (Phi) is 3.96. The first-order valence-electron chi connectivity index (χ1n) is 7.52. The summed E-state index contributed by atoms with van der Waals surface area (Å²) in [6.45, 7) is 2.06. The number of aromatic amines is 1. The second-order valence-corrected chi connectivity index (χ2v) is 5.63. The Labute approximate surface area is 130 Å². The number of para-hydroxylation sites is 1. The lowest BCUT2D eigenvalue weighted by atomic mass is 10.1. The van der Waals surface area contributed by atoms with Gasteiger partial charge in [-0.1, -0.05) is 48.5 Å². The molecule has 0 saturated carbocycles. The Morgan fingerprint density at radius 1 is 1.09 bits per heavy atom. The molecule has 2 aromatic carbocycles. The summed E-state index contributed by atoms with van der Waals surface area (Å²) in [4.78, 5) is 17.6. The number of likely N-dealkylation sites (N-methyl/N-ethyl adjacent to an activating group) is 1. The first-order chi connectivity index (χ1) is 10.7. The van der Waals surface area contributed by atoms with E-state index < -0.39 is 0 Å². The van der Waals surface area contributed by atoms with Crippen LogP contribution in [0.1, 0.15) is 24.1 Å². The lowest BCUT2D eigenvalue weighted by Gasteiger charge is -2.25. The van der Waals surface area contributed by atoms with Crippen molar-refractivity contribution < 1.29 is 4.79 Å². The first kappa shape index (κ1) is 14.4. The fraction of sp³-hybridized carbons (Fsp3) is 0.211. The Morgan fingerprint density at radius 2 is 1.77 bits per heavy atom. The SMILES string of the molecule is C[C@@H](c1ccccc1)N(C)C(=O)Cc1c[nH]c2ccccc12. The molecular weight excluding hydrogens is 272 g/mol. The number of aromatic nitrogens is 1. The van der Waals surface area contributed by atoms with Crippen LogP contribution in [0.5, 0.6) is 0 Å². The van der Waals surface area contributed by atoms with Crippen LogP contribution in [-0.2, 0) is 11.2 Å². The number of carbonyl (C=O) groups is 1. The van der Waals surface area contributed by atoms with Crippen LogP contribution in [-0.4, -0.2) is 22.8 Å². The number of benzene rings is 2. The van der Waals surface area contributed by atoms with Gasteiger partial charge < -0.3 is 9.88 Å². The van der Waals surface area contributed by atoms with Gasteiger partial charge in [0.1, 0.15) is 0 Å². The molecular formula is C19H20N2O. The van der Waals surface area contributed by atoms with Crippen LogP contribution in [0.25, 0.3) is 10.9 Å². The van der Waals surface area contributed by atoms with Crippen LogP contribution >= 0.6 is 0 Å². The van der Waals surface area contributed by atoms with Crippen molar-refractivity contribution in [2.75, 3.05) is 7.05 Å². The van der Waals surface area contributed by atoms with Gasteiger partial charge in [-0.05, 0) is 24.1 Å². The van der Waals surface area contributed by atoms with Crippen LogP contribution in [0, 0.1) is 0 Å². The Morgan fingerprint density at radius 3 is 2.55 bits per heavy atom. The molecule has 0 spiro atoms. The number of amides is 1. The molecule has 3 heteroatoms. The molecule has 22 heavy (non-hydrogen) atoms. The summed E-state index contributed by atoms with van der Waals surface area (Å²) in [6, 6.07) is 18.3. The molecule has 0 aliphatic heterocycles. The second-order valence-electron chi connectivity index (χ2n) is 5.63. The lowest BCUT2D eigenvalue weighted by Crippen LogP contribution is -2.30. The predicted octanol–water partition coefficient (Wildman–Crippen LogP) is 3.93. The van der Waals surface area contributed by atoms with E-state index in [-0.39, 0.29) is 11.9 Å². The molecule has 3 rings (SSSR count). The highest BCUT2D eigenvalue weighted by Gasteiger charge is 2.18. The molecule has 1 atom stereocenters. The molecule has 0 radical (unpaired) electrons. The highest BCUT2D eigenvalue weighted by atomic mass is 16.2. The zero-order valence-electron chi connectivity index (χ0n) is 12.9. The van der Waals surface area contributed by atoms with Gasteiger partial charge in [0.25, 0.3) is 0 Å². The molecule has 3 aromatic rings. The average Bonchev–Trinajstić information content (AvgIpc) is 2.97. The van der Waals surface area contributed by atoms with Gasteiger partial charge >= 0.3 is 0 Å². The van der Waals surface area contributed by atoms with Crippen LogP contribution in [0.4, 0.5) is 0 Å². The predicted molar refractivity (Wildman–Crippen MR) is 89.6 cm³/mol. The lowest BCUT2D eigenvalue weighted by molar-refractivity contribution is -0.131. The fourth-order valence-electron chi connectivity index (χ4n) is 2.74. The van der Waals surface area contributed by atoms with E-state index in [4.69, 9.17) is 0 Å². The second kappa shape index (κ2) is 6.06. The number of H-pyrrole nitrogens is 1. The van der Waals surface area contributed by atoms with Gasteiger partial charge in [-0.25, -0.2) is 0 Å². The van der Waals surface area contributed by atoms with Gasteiger partial charge in [0.05, 0.1) is 12.5 Å². The topological polar surface area (TPSA) is 36.1 Å². The molecule has 3 nitrogen and oxygen atoms in total. The van der Waals surface area contributed by atoms with E-state index in [9.17, 15) is 4.79 Å². The van der Waals surface area contributed by atoms with E-state index in [0.717, 1.165) is 22.0 Å². The molecule has 1 heterocycles. The average molecular weight is 292 g/mol. The van der Waals surface area contributed by atoms with Crippen LogP contribution < -0.4 is 0 Å². The van der Waals surface area contributed by atoms with Crippen molar-refractivity contribution in [3.63, 3.8) is 0 Å². The molecule has 0 aliphatic rings. The number of nitrogens with zero attached hydrogens (tertiary/aromatic N) is 1. The van der Waals surface area contributed by atoms with Crippen molar-refractivity contribution in [1.82, 2.24) is 9.88 Å². The van der Waals surface area contributed by atoms with Crippen molar-refractivity contribution in [3.05, 3.63) is 71.9 Å². The Balaban J connectivity index is 1.76. The van der Waals surface area contributed by atoms with Crippen LogP contribution in [0.15, 0.2) is 60.8 Å². The molecule has 0 fully saturated rings. The van der Waals surface area contributed by atoms with E-state index >= 15 is 0 Å². The number of nitrogens with one attached hydrogen (secondary N) is 1. The summed E-state index contributed by atoms with van der Waals surface area (Å²) in [5.41, 5.74) is 3.27. The number of carbonyl (C=O) groups excluding carboxylic acids is 1. The minimum Gasteiger partial charge on any atom is -0.361 e. The Bertz CT molecular complexity index is 776. The van der Waals surface area contributed by atoms with E-state index in [2.05, 4.69) is 30.1 Å². The summed E-state index contributed by atoms with van der Waals surface area (Å²) >= 11 is 0. The van der Waals surface area contributed by atoms with E-state index in [1.165, 1.54) is 0 Å². The molecule has 1 N–H and O–H groups in total. The van der Waals surface area contributed by atoms with Gasteiger partial charge in [-0.2, -0.15) is 0 Å². The smallest absolute Gasteiger partial charge is 0.227 e. The minimum absolute atomic E-state index is 0.0684. The van der Waals surface area contributed by atoms with E-state index in [0.29, 0.717) is 6.42 Å². The normalized spacial score (nSPS) is 12.3. The van der Waals surface area contributed by atoms with Gasteiger partial charge in [-0.3, -0.25) is 4.79 Å². The van der Waals surface area contributed by atoms with Crippen molar-refractivity contribution in [1.29, 1.82) is 0 Å². The summed E-state index contributed by atoms with van der Waals surface area (Å²) in [5, 5.41) is 1.12. The third kappa shape index (κ3) is 2.75. The van der Waals surface area contributed by atoms with Gasteiger partial charge in [0.15, 0.2) is 0 Å². The minimum atomic E-state index is 0.0684. The zero-order chi connectivity index (χ0) is 15.5. The van der Waals surface area contributed by atoms with E-state index in [1.807, 2.05) is 54.5 Å². The van der Waals surface area contributed by atoms with Crippen molar-refractivity contribution in [2.45, 2.75) is 19.4 Å². The molecule has 112 valence electrons. The van der Waals surface area contributed by atoms with Gasteiger partial charge in [0.2, 0.25) is 5.91 Å². The maximum Gasteiger partial charge on any atom is 0.227 e. The van der Waals surface area contributed by atoms with Crippen molar-refractivity contribution in [2.24, 2.45) is 0 Å². The van der Waals surface area contributed by atoms with E-state index in [1.54, 1.807) is 0 Å². The van der Waals surface area contributed by atoms with Gasteiger partial charge in [-0.15, -0.1) is 0 Å². The summed E-state index contributed by atoms with van der Waals surface area (Å²) < 4.78 is 0. The van der Waals surface area contributed by atoms with Gasteiger partial charge in [0, 0.05) is 24.1 Å². The highest BCUT2D eigenvalue weighted by Crippen LogP contribution is 2.22. The molecule has 0 aliphatic carbocycles. The third-order valence-corrected chi connectivity index (χ3v) is 4.27. The van der Waals surface area contributed by atoms with Crippen molar-refractivity contribution in [3.8, 4) is 0 Å². The molecule has 0 saturated heterocycles. The molecule has 1 aromatic heterocycles. The number of fused-ring (bicyclic) bond motifs is 1. The maximum atomic E-state index is 12.6. The Hall–Kier alpha value is -2.55. The molecule has 0 bridgehead atoms. The third-order valence-electron chi connectivity index (χ3n) is 4.27. The maximum absolute atomic E-state index is 12.6. The summed E-state index contributed by atoms with van der Waals surface area (Å²) in [6.07, 6.45) is 2.35. The van der Waals surface area contributed by atoms with Crippen molar-refractivity contribution >= 4 is 16.8 Å². The standard InChI is InChI=1S/C19H20N2O/c1-14(15-8-4-3-5-9-15)21(2)19(22)12-16-13-20-18-11-7-6-10-17(16)18/h3-11,13-14,20H,12H2,1-2H3/t14-/m0/s1. The number of hydrogen-bond donors (Lipinski definition) is 1. The highest BCUT2D eigenvalue weighted by molar-refractivity contribution is 5.88. The fourth-order valence-corrected chi connectivity index (χ4v) is 2.74. The molecule has 1 amide bonds. The summed E-state index contributed by atoms with van der Waals surface area (Å²) in [5.74, 6) is 0.126. The number of rotatable bonds is 4. The number of hydrogen-bond acceptors (Lipinski definition) is 1. The monoisotopic (exact) mass is 292 g/mol. The molecule has 0 unspecified atom stereocenters. The largest absolute Gasteiger partial charge is 0.361 e. The summed E-state index contributed by atoms with van der Waals surface area (Å²) in [7, 11) is 1.87. The zero-order valence-corrected chi connectivity index (χ0v) is 12.9. The van der Waals surface area contributed by atoms with Crippen LogP contribution in [0.3, 0.4) is 0 Å².